The lowest BCUT2D eigenvalue weighted by molar-refractivity contribution is 0.525. The molecule has 3 aromatic carbocycles. The van der Waals surface area contributed by atoms with E-state index in [4.69, 9.17) is 11.6 Å². The van der Waals surface area contributed by atoms with Crippen molar-refractivity contribution in [2.75, 3.05) is 5.75 Å². The molecule has 33 heavy (non-hydrogen) atoms. The van der Waals surface area contributed by atoms with Crippen LogP contribution < -0.4 is 4.72 Å². The van der Waals surface area contributed by atoms with Gasteiger partial charge in [0.1, 0.15) is 0 Å². The summed E-state index contributed by atoms with van der Waals surface area (Å²) in [6.07, 6.45) is 3.62. The van der Waals surface area contributed by atoms with Gasteiger partial charge in [0.15, 0.2) is 9.84 Å². The summed E-state index contributed by atoms with van der Waals surface area (Å²) in [7, 11) is -5.28. The Morgan fingerprint density at radius 3 is 1.97 bits per heavy atom. The number of nitrogens with one attached hydrogen (secondary N) is 1. The van der Waals surface area contributed by atoms with Gasteiger partial charge in [0, 0.05) is 5.02 Å². The van der Waals surface area contributed by atoms with Gasteiger partial charge in [0.2, 0.25) is 0 Å². The van der Waals surface area contributed by atoms with Gasteiger partial charge in [-0.15, -0.1) is 0 Å². The highest BCUT2D eigenvalue weighted by atomic mass is 35.5. The molecule has 0 saturated heterocycles. The molecule has 0 aromatic heterocycles. The Kier molecular flexibility index (Phi) is 7.96. The number of rotatable bonds is 8. The minimum absolute atomic E-state index is 0.216. The number of halogens is 1. The van der Waals surface area contributed by atoms with E-state index in [1.165, 1.54) is 0 Å². The van der Waals surface area contributed by atoms with Crippen molar-refractivity contribution in [3.8, 4) is 0 Å². The van der Waals surface area contributed by atoms with E-state index < -0.39 is 31.1 Å². The van der Waals surface area contributed by atoms with Crippen molar-refractivity contribution in [3.63, 3.8) is 0 Å². The molecule has 4 nitrogen and oxygen atoms in total. The second-order valence-corrected chi connectivity index (χ2v) is 13.2. The van der Waals surface area contributed by atoms with E-state index in [9.17, 15) is 12.6 Å². The Balaban J connectivity index is 2.18. The first-order valence-corrected chi connectivity index (χ1v) is 13.7. The summed E-state index contributed by atoms with van der Waals surface area (Å²) in [5, 5.41) is 0.611. The number of sulfone groups is 1. The first kappa shape index (κ1) is 25.4. The lowest BCUT2D eigenvalue weighted by atomic mass is 9.92. The van der Waals surface area contributed by atoms with E-state index in [1.807, 2.05) is 69.3 Å². The molecule has 0 fully saturated rings. The van der Waals surface area contributed by atoms with Crippen molar-refractivity contribution in [1.29, 1.82) is 0 Å². The van der Waals surface area contributed by atoms with Gasteiger partial charge in [-0.25, -0.2) is 17.3 Å². The summed E-state index contributed by atoms with van der Waals surface area (Å²) in [6, 6.07) is 24.8. The van der Waals surface area contributed by atoms with Gasteiger partial charge < -0.3 is 0 Å². The van der Waals surface area contributed by atoms with Gasteiger partial charge in [-0.3, -0.25) is 0 Å². The van der Waals surface area contributed by atoms with Crippen LogP contribution in [0.25, 0.3) is 6.08 Å². The standard InChI is InChI=1S/C26H28ClNO3S2/c1-25(2,3)32(29)28-26(22-10-6-4-7-11-22,19-18-21-14-16-23(27)17-15-21)20-33(30,31)24-12-8-5-9-13-24/h4-19,28H,20H2,1-3H3/b19-18+/t26-,32+/m1/s1. The molecule has 0 aliphatic rings. The first-order chi connectivity index (χ1) is 15.5. The Labute approximate surface area is 204 Å². The summed E-state index contributed by atoms with van der Waals surface area (Å²) in [5.74, 6) is -0.306. The van der Waals surface area contributed by atoms with E-state index in [0.29, 0.717) is 10.6 Å². The Hall–Kier alpha value is -2.25. The second kappa shape index (κ2) is 10.3. The molecule has 0 amide bonds. The summed E-state index contributed by atoms with van der Waals surface area (Å²) in [4.78, 5) is 0.216. The first-order valence-electron chi connectivity index (χ1n) is 10.5. The number of benzene rings is 3. The Morgan fingerprint density at radius 2 is 1.42 bits per heavy atom. The molecule has 0 spiro atoms. The number of hydrogen-bond donors (Lipinski definition) is 1. The lowest BCUT2D eigenvalue weighted by Crippen LogP contribution is -2.50. The van der Waals surface area contributed by atoms with Gasteiger partial charge in [0.25, 0.3) is 0 Å². The number of hydrogen-bond acceptors (Lipinski definition) is 3. The summed E-state index contributed by atoms with van der Waals surface area (Å²) >= 11 is 6.02. The van der Waals surface area contributed by atoms with Crippen molar-refractivity contribution in [2.45, 2.75) is 36.0 Å². The van der Waals surface area contributed by atoms with Crippen LogP contribution in [0, 0.1) is 0 Å². The third kappa shape index (κ3) is 6.64. The van der Waals surface area contributed by atoms with E-state index in [1.54, 1.807) is 48.5 Å². The molecule has 0 radical (unpaired) electrons. The molecule has 0 saturated carbocycles. The minimum atomic E-state index is -3.74. The van der Waals surface area contributed by atoms with Crippen LogP contribution >= 0.6 is 11.6 Å². The van der Waals surface area contributed by atoms with Crippen LogP contribution in [0.1, 0.15) is 31.9 Å². The smallest absolute Gasteiger partial charge is 0.180 e. The van der Waals surface area contributed by atoms with Crippen molar-refractivity contribution in [2.24, 2.45) is 0 Å². The van der Waals surface area contributed by atoms with Crippen LogP contribution in [0.4, 0.5) is 0 Å². The summed E-state index contributed by atoms with van der Waals surface area (Å²) in [6.45, 7) is 5.54. The maximum atomic E-state index is 13.5. The molecule has 0 aliphatic heterocycles. The fourth-order valence-corrected chi connectivity index (χ4v) is 6.01. The average Bonchev–Trinajstić information content (AvgIpc) is 2.79. The molecule has 0 bridgehead atoms. The van der Waals surface area contributed by atoms with E-state index >= 15 is 0 Å². The van der Waals surface area contributed by atoms with Crippen molar-refractivity contribution in [1.82, 2.24) is 4.72 Å². The molecule has 1 N–H and O–H groups in total. The van der Waals surface area contributed by atoms with Gasteiger partial charge in [-0.05, 0) is 56.2 Å². The summed E-state index contributed by atoms with van der Waals surface area (Å²) in [5.41, 5.74) is 0.306. The zero-order valence-corrected chi connectivity index (χ0v) is 21.3. The predicted octanol–water partition coefficient (Wildman–Crippen LogP) is 5.77. The van der Waals surface area contributed by atoms with Gasteiger partial charge >= 0.3 is 0 Å². The van der Waals surface area contributed by atoms with E-state index in [-0.39, 0.29) is 10.6 Å². The SMILES string of the molecule is CC(C)(C)[S@](=O)N[C@](/C=C/c1ccc(Cl)cc1)(CS(=O)(=O)c1ccccc1)c1ccccc1. The zero-order valence-electron chi connectivity index (χ0n) is 18.9. The molecule has 2 atom stereocenters. The molecule has 0 aliphatic carbocycles. The third-order valence-corrected chi connectivity index (χ3v) is 8.81. The lowest BCUT2D eigenvalue weighted by Gasteiger charge is -2.34. The maximum Gasteiger partial charge on any atom is 0.180 e. The topological polar surface area (TPSA) is 63.2 Å². The van der Waals surface area contributed by atoms with E-state index in [0.717, 1.165) is 5.56 Å². The monoisotopic (exact) mass is 501 g/mol. The summed E-state index contributed by atoms with van der Waals surface area (Å²) < 4.78 is 42.9. The van der Waals surface area contributed by atoms with Gasteiger partial charge in [0.05, 0.1) is 31.9 Å². The van der Waals surface area contributed by atoms with E-state index in [2.05, 4.69) is 4.72 Å². The molecule has 174 valence electrons. The van der Waals surface area contributed by atoms with Gasteiger partial charge in [-0.2, -0.15) is 0 Å². The van der Waals surface area contributed by atoms with Crippen LogP contribution in [0.3, 0.4) is 0 Å². The fraction of sp³-hybridized carbons (Fsp3) is 0.231. The maximum absolute atomic E-state index is 13.5. The van der Waals surface area contributed by atoms with Crippen LogP contribution in [-0.2, 0) is 26.4 Å². The normalized spacial score (nSPS) is 15.3. The molecule has 3 aromatic rings. The molecular formula is C26H28ClNO3S2. The van der Waals surface area contributed by atoms with Crippen LogP contribution in [0.2, 0.25) is 5.02 Å². The highest BCUT2D eigenvalue weighted by molar-refractivity contribution is 7.91. The largest absolute Gasteiger partial charge is 0.242 e. The van der Waals surface area contributed by atoms with Crippen molar-refractivity contribution >= 4 is 38.5 Å². The second-order valence-electron chi connectivity index (χ2n) is 8.78. The predicted molar refractivity (Wildman–Crippen MR) is 138 cm³/mol. The van der Waals surface area contributed by atoms with Crippen molar-refractivity contribution in [3.05, 3.63) is 107 Å². The molecule has 7 heteroatoms. The van der Waals surface area contributed by atoms with Crippen LogP contribution in [0.15, 0.2) is 95.9 Å². The fourth-order valence-electron chi connectivity index (χ4n) is 3.23. The zero-order chi connectivity index (χ0) is 24.1. The highest BCUT2D eigenvalue weighted by Gasteiger charge is 2.39. The van der Waals surface area contributed by atoms with Gasteiger partial charge in [-0.1, -0.05) is 84.4 Å². The Morgan fingerprint density at radius 1 is 0.879 bits per heavy atom. The molecule has 0 unspecified atom stereocenters. The quantitative estimate of drug-likeness (QED) is 0.426. The van der Waals surface area contributed by atoms with Crippen molar-refractivity contribution < 1.29 is 12.6 Å². The third-order valence-electron chi connectivity index (χ3n) is 5.07. The molecule has 0 heterocycles. The average molecular weight is 502 g/mol. The minimum Gasteiger partial charge on any atom is -0.242 e. The molecular weight excluding hydrogens is 474 g/mol. The Bertz CT molecular complexity index is 1220. The highest BCUT2D eigenvalue weighted by Crippen LogP contribution is 2.31. The molecule has 3 rings (SSSR count). The van der Waals surface area contributed by atoms with Crippen LogP contribution in [-0.4, -0.2) is 23.1 Å². The van der Waals surface area contributed by atoms with Crippen LogP contribution in [0.5, 0.6) is 0 Å².